The highest BCUT2D eigenvalue weighted by Crippen LogP contribution is 2.43. The van der Waals surface area contributed by atoms with Crippen LogP contribution in [0.15, 0.2) is 133 Å². The molecule has 0 aliphatic rings. The molecule has 0 saturated carbocycles. The first kappa shape index (κ1) is 21.1. The van der Waals surface area contributed by atoms with E-state index in [0.717, 1.165) is 0 Å². The molecule has 6 aromatic carbocycles. The van der Waals surface area contributed by atoms with Gasteiger partial charge in [-0.15, -0.1) is 11.3 Å². The van der Waals surface area contributed by atoms with Crippen LogP contribution in [0.5, 0.6) is 0 Å². The Morgan fingerprint density at radius 2 is 1.03 bits per heavy atom. The summed E-state index contributed by atoms with van der Waals surface area (Å²) in [4.78, 5) is 0. The van der Waals surface area contributed by atoms with Crippen molar-refractivity contribution in [2.75, 3.05) is 0 Å². The topological polar surface area (TPSA) is 9.86 Å². The molecule has 9 aromatic rings. The van der Waals surface area contributed by atoms with Crippen molar-refractivity contribution in [3.05, 3.63) is 133 Å². The fourth-order valence-corrected chi connectivity index (χ4v) is 7.62. The van der Waals surface area contributed by atoms with E-state index in [2.05, 4.69) is 143 Å². The molecule has 0 bridgehead atoms. The van der Waals surface area contributed by atoms with Crippen molar-refractivity contribution in [3.8, 4) is 11.4 Å². The summed E-state index contributed by atoms with van der Waals surface area (Å²) in [6, 6.07) is 48.6. The molecule has 2 nitrogen and oxygen atoms in total. The number of para-hydroxylation sites is 3. The molecule has 39 heavy (non-hydrogen) atoms. The van der Waals surface area contributed by atoms with Crippen molar-refractivity contribution in [2.45, 2.75) is 0 Å². The molecule has 0 amide bonds. The maximum atomic E-state index is 2.48. The molecule has 0 atom stereocenters. The van der Waals surface area contributed by atoms with Gasteiger partial charge in [-0.2, -0.15) is 0 Å². The molecule has 0 radical (unpaired) electrons. The van der Waals surface area contributed by atoms with Gasteiger partial charge in [-0.05, 0) is 48.5 Å². The minimum atomic E-state index is 1.18. The van der Waals surface area contributed by atoms with Crippen LogP contribution >= 0.6 is 11.3 Å². The zero-order valence-electron chi connectivity index (χ0n) is 21.0. The van der Waals surface area contributed by atoms with Gasteiger partial charge in [0.25, 0.3) is 0 Å². The first-order valence-corrected chi connectivity index (χ1v) is 14.1. The van der Waals surface area contributed by atoms with Crippen LogP contribution in [-0.2, 0) is 0 Å². The first-order valence-electron chi connectivity index (χ1n) is 13.3. The second kappa shape index (κ2) is 7.83. The van der Waals surface area contributed by atoms with Gasteiger partial charge < -0.3 is 9.13 Å². The van der Waals surface area contributed by atoms with Crippen LogP contribution in [0.2, 0.25) is 0 Å². The monoisotopic (exact) mass is 514 g/mol. The zero-order chi connectivity index (χ0) is 25.5. The van der Waals surface area contributed by atoms with Gasteiger partial charge in [0.2, 0.25) is 0 Å². The molecule has 3 heterocycles. The van der Waals surface area contributed by atoms with Gasteiger partial charge in [0, 0.05) is 53.1 Å². The van der Waals surface area contributed by atoms with Crippen LogP contribution in [-0.4, -0.2) is 9.13 Å². The number of hydrogen-bond acceptors (Lipinski definition) is 1. The maximum Gasteiger partial charge on any atom is 0.0641 e. The molecular formula is C36H22N2S. The molecule has 0 aliphatic carbocycles. The van der Waals surface area contributed by atoms with E-state index in [1.54, 1.807) is 0 Å². The highest BCUT2D eigenvalue weighted by atomic mass is 32.1. The van der Waals surface area contributed by atoms with Crippen molar-refractivity contribution < 1.29 is 0 Å². The lowest BCUT2D eigenvalue weighted by Gasteiger charge is -2.10. The lowest BCUT2D eigenvalue weighted by molar-refractivity contribution is 1.18. The zero-order valence-corrected chi connectivity index (χ0v) is 21.8. The van der Waals surface area contributed by atoms with E-state index in [0.29, 0.717) is 0 Å². The van der Waals surface area contributed by atoms with Crippen molar-refractivity contribution >= 4 is 75.1 Å². The van der Waals surface area contributed by atoms with Crippen LogP contribution in [0.1, 0.15) is 0 Å². The summed E-state index contributed by atoms with van der Waals surface area (Å²) in [6.07, 6.45) is 0. The van der Waals surface area contributed by atoms with Gasteiger partial charge in [0.05, 0.1) is 22.1 Å². The quantitative estimate of drug-likeness (QED) is 0.217. The number of nitrogens with zero attached hydrogens (tertiary/aromatic N) is 2. The Bertz CT molecular complexity index is 2390. The smallest absolute Gasteiger partial charge is 0.0641 e. The van der Waals surface area contributed by atoms with Crippen LogP contribution in [0.3, 0.4) is 0 Å². The summed E-state index contributed by atoms with van der Waals surface area (Å²) < 4.78 is 7.54. The fraction of sp³-hybridized carbons (Fsp3) is 0. The van der Waals surface area contributed by atoms with Crippen molar-refractivity contribution in [1.29, 1.82) is 0 Å². The first-order chi connectivity index (χ1) is 19.4. The van der Waals surface area contributed by atoms with Gasteiger partial charge in [-0.3, -0.25) is 0 Å². The number of benzene rings is 6. The number of aromatic nitrogens is 2. The molecule has 3 aromatic heterocycles. The predicted molar refractivity (Wildman–Crippen MR) is 168 cm³/mol. The average Bonchev–Trinajstić information content (AvgIpc) is 3.64. The molecule has 0 spiro atoms. The van der Waals surface area contributed by atoms with Crippen molar-refractivity contribution in [3.63, 3.8) is 0 Å². The van der Waals surface area contributed by atoms with E-state index >= 15 is 0 Å². The third kappa shape index (κ3) is 2.85. The third-order valence-corrected chi connectivity index (χ3v) is 9.24. The Balaban J connectivity index is 1.47. The van der Waals surface area contributed by atoms with E-state index in [1.165, 1.54) is 75.2 Å². The fourth-order valence-electron chi connectivity index (χ4n) is 6.49. The van der Waals surface area contributed by atoms with Crippen LogP contribution in [0.25, 0.3) is 75.2 Å². The molecule has 0 aliphatic heterocycles. The highest BCUT2D eigenvalue weighted by Gasteiger charge is 2.20. The average molecular weight is 515 g/mol. The van der Waals surface area contributed by atoms with Crippen LogP contribution in [0.4, 0.5) is 0 Å². The maximum absolute atomic E-state index is 2.48. The van der Waals surface area contributed by atoms with Gasteiger partial charge in [-0.1, -0.05) is 84.9 Å². The molecule has 0 unspecified atom stereocenters. The standard InChI is InChI=1S/C36H22N2S/c1-2-10-23(11-3-1)37-31-16-8-5-14-29(31)35-32(37)21-20-28-25-12-4-7-15-30(25)38(36(28)35)24-18-19-27-26-13-6-9-17-33(26)39-34(27)22-24/h1-22H. The molecule has 182 valence electrons. The number of rotatable bonds is 2. The molecular weight excluding hydrogens is 492 g/mol. The normalized spacial score (nSPS) is 12.1. The largest absolute Gasteiger partial charge is 0.309 e. The Hall–Kier alpha value is -4.86. The van der Waals surface area contributed by atoms with Crippen molar-refractivity contribution in [1.82, 2.24) is 9.13 Å². The van der Waals surface area contributed by atoms with E-state index in [9.17, 15) is 0 Å². The molecule has 3 heteroatoms. The van der Waals surface area contributed by atoms with E-state index in [4.69, 9.17) is 0 Å². The highest BCUT2D eigenvalue weighted by molar-refractivity contribution is 7.25. The van der Waals surface area contributed by atoms with Crippen LogP contribution < -0.4 is 0 Å². The Kier molecular flexibility index (Phi) is 4.24. The number of fused-ring (bicyclic) bond motifs is 10. The Morgan fingerprint density at radius 1 is 0.385 bits per heavy atom. The summed E-state index contributed by atoms with van der Waals surface area (Å²) in [5.41, 5.74) is 7.32. The van der Waals surface area contributed by atoms with Crippen molar-refractivity contribution in [2.24, 2.45) is 0 Å². The number of thiophene rings is 1. The minimum Gasteiger partial charge on any atom is -0.309 e. The summed E-state index contributed by atoms with van der Waals surface area (Å²) in [7, 11) is 0. The van der Waals surface area contributed by atoms with Crippen LogP contribution in [0, 0.1) is 0 Å². The predicted octanol–water partition coefficient (Wildman–Crippen LogP) is 10.2. The molecule has 0 fully saturated rings. The minimum absolute atomic E-state index is 1.18. The second-order valence-electron chi connectivity index (χ2n) is 10.2. The lowest BCUT2D eigenvalue weighted by atomic mass is 10.1. The SMILES string of the molecule is c1ccc(-n2c3ccccc3c3c2ccc2c4ccccc4n(-c4ccc5c(c4)sc4ccccc45)c23)cc1. The van der Waals surface area contributed by atoms with Gasteiger partial charge >= 0.3 is 0 Å². The summed E-state index contributed by atoms with van der Waals surface area (Å²) in [6.45, 7) is 0. The van der Waals surface area contributed by atoms with E-state index in [1.807, 2.05) is 11.3 Å². The van der Waals surface area contributed by atoms with E-state index in [-0.39, 0.29) is 0 Å². The van der Waals surface area contributed by atoms with Gasteiger partial charge in [-0.25, -0.2) is 0 Å². The second-order valence-corrected chi connectivity index (χ2v) is 11.3. The molecule has 9 rings (SSSR count). The number of hydrogen-bond donors (Lipinski definition) is 0. The Morgan fingerprint density at radius 3 is 1.87 bits per heavy atom. The lowest BCUT2D eigenvalue weighted by Crippen LogP contribution is -1.95. The molecule has 0 saturated heterocycles. The summed E-state index contributed by atoms with van der Waals surface area (Å²) in [5, 5.41) is 7.78. The summed E-state index contributed by atoms with van der Waals surface area (Å²) in [5.74, 6) is 0. The van der Waals surface area contributed by atoms with Gasteiger partial charge in [0.1, 0.15) is 0 Å². The van der Waals surface area contributed by atoms with E-state index < -0.39 is 0 Å². The summed E-state index contributed by atoms with van der Waals surface area (Å²) >= 11 is 1.87. The molecule has 0 N–H and O–H groups in total. The Labute approximate surface area is 228 Å². The third-order valence-electron chi connectivity index (χ3n) is 8.10. The van der Waals surface area contributed by atoms with Gasteiger partial charge in [0.15, 0.2) is 0 Å².